The number of imidazole rings is 1. The lowest BCUT2D eigenvalue weighted by atomic mass is 10.2. The third-order valence-corrected chi connectivity index (χ3v) is 4.69. The Morgan fingerprint density at radius 2 is 2.00 bits per heavy atom. The second kappa shape index (κ2) is 6.07. The van der Waals surface area contributed by atoms with Crippen molar-refractivity contribution in [1.29, 1.82) is 0 Å². The average molecular weight is 341 g/mol. The smallest absolute Gasteiger partial charge is 0.132 e. The molecule has 23 heavy (non-hydrogen) atoms. The van der Waals surface area contributed by atoms with Gasteiger partial charge >= 0.3 is 0 Å². The fraction of sp³-hybridized carbons (Fsp3) is 0.0556. The Kier molecular flexibility index (Phi) is 3.77. The molecule has 0 amide bonds. The minimum absolute atomic E-state index is 0.501. The highest BCUT2D eigenvalue weighted by molar-refractivity contribution is 7.12. The van der Waals surface area contributed by atoms with Crippen LogP contribution < -0.4 is 4.74 Å². The van der Waals surface area contributed by atoms with Gasteiger partial charge in [-0.2, -0.15) is 0 Å². The maximum atomic E-state index is 5.99. The van der Waals surface area contributed by atoms with E-state index in [-0.39, 0.29) is 0 Å². The van der Waals surface area contributed by atoms with Crippen LogP contribution >= 0.6 is 22.9 Å². The van der Waals surface area contributed by atoms with Gasteiger partial charge in [0.05, 0.1) is 11.0 Å². The maximum absolute atomic E-state index is 5.99. The quantitative estimate of drug-likeness (QED) is 0.502. The van der Waals surface area contributed by atoms with Gasteiger partial charge in [-0.3, -0.25) is 4.57 Å². The minimum Gasteiger partial charge on any atom is -0.488 e. The number of halogens is 1. The average Bonchev–Trinajstić information content (AvgIpc) is 3.19. The Balaban J connectivity index is 1.55. The Morgan fingerprint density at radius 1 is 1.09 bits per heavy atom. The molecule has 0 bridgehead atoms. The summed E-state index contributed by atoms with van der Waals surface area (Å²) in [4.78, 5) is 4.42. The number of ether oxygens (including phenoxy) is 1. The summed E-state index contributed by atoms with van der Waals surface area (Å²) in [6.07, 6.45) is 1.84. The van der Waals surface area contributed by atoms with Gasteiger partial charge in [0, 0.05) is 16.5 Å². The fourth-order valence-electron chi connectivity index (χ4n) is 2.44. The first-order chi connectivity index (χ1) is 11.3. The monoisotopic (exact) mass is 340 g/mol. The number of nitrogens with zero attached hydrogens (tertiary/aromatic N) is 2. The molecule has 0 aliphatic heterocycles. The molecule has 0 spiro atoms. The van der Waals surface area contributed by atoms with Gasteiger partial charge in [-0.1, -0.05) is 35.9 Å². The van der Waals surface area contributed by atoms with Gasteiger partial charge in [-0.05, 0) is 29.8 Å². The van der Waals surface area contributed by atoms with Crippen LogP contribution in [0.5, 0.6) is 5.75 Å². The van der Waals surface area contributed by atoms with E-state index in [1.165, 1.54) is 0 Å². The van der Waals surface area contributed by atoms with Crippen LogP contribution in [0.4, 0.5) is 0 Å². The lowest BCUT2D eigenvalue weighted by Crippen LogP contribution is -1.94. The lowest BCUT2D eigenvalue weighted by molar-refractivity contribution is 0.307. The Morgan fingerprint density at radius 3 is 2.91 bits per heavy atom. The summed E-state index contributed by atoms with van der Waals surface area (Å²) in [5.74, 6) is 0.850. The molecule has 4 aromatic rings. The van der Waals surface area contributed by atoms with Crippen LogP contribution in [-0.4, -0.2) is 9.55 Å². The van der Waals surface area contributed by atoms with E-state index >= 15 is 0 Å². The van der Waals surface area contributed by atoms with Crippen molar-refractivity contribution in [2.24, 2.45) is 0 Å². The van der Waals surface area contributed by atoms with Crippen LogP contribution in [0.2, 0.25) is 5.02 Å². The Bertz CT molecular complexity index is 960. The van der Waals surface area contributed by atoms with Crippen molar-refractivity contribution >= 4 is 34.0 Å². The van der Waals surface area contributed by atoms with Gasteiger partial charge in [-0.15, -0.1) is 11.3 Å². The highest BCUT2D eigenvalue weighted by atomic mass is 35.5. The summed E-state index contributed by atoms with van der Waals surface area (Å²) in [6.45, 7) is 0.501. The highest BCUT2D eigenvalue weighted by Gasteiger charge is 2.07. The van der Waals surface area contributed by atoms with Crippen LogP contribution in [0.15, 0.2) is 66.3 Å². The van der Waals surface area contributed by atoms with Gasteiger partial charge in [0.15, 0.2) is 0 Å². The van der Waals surface area contributed by atoms with Crippen LogP contribution in [-0.2, 0) is 6.61 Å². The van der Waals surface area contributed by atoms with E-state index in [0.29, 0.717) is 6.61 Å². The summed E-state index contributed by atoms with van der Waals surface area (Å²) in [5.41, 5.74) is 3.14. The Labute approximate surface area is 142 Å². The molecule has 2 heterocycles. The second-order valence-corrected chi connectivity index (χ2v) is 6.47. The first-order valence-electron chi connectivity index (χ1n) is 7.18. The van der Waals surface area contributed by atoms with Crippen LogP contribution in [0, 0.1) is 0 Å². The van der Waals surface area contributed by atoms with Gasteiger partial charge in [0.2, 0.25) is 0 Å². The molecule has 0 aliphatic carbocycles. The van der Waals surface area contributed by atoms with Gasteiger partial charge in [0.1, 0.15) is 23.7 Å². The van der Waals surface area contributed by atoms with E-state index in [0.717, 1.165) is 32.4 Å². The van der Waals surface area contributed by atoms with Gasteiger partial charge < -0.3 is 4.74 Å². The first kappa shape index (κ1) is 14.3. The lowest BCUT2D eigenvalue weighted by Gasteiger charge is -2.04. The zero-order chi connectivity index (χ0) is 15.6. The van der Waals surface area contributed by atoms with Crippen LogP contribution in [0.25, 0.3) is 16.0 Å². The van der Waals surface area contributed by atoms with E-state index in [1.807, 2.05) is 60.2 Å². The zero-order valence-electron chi connectivity index (χ0n) is 12.1. The molecule has 0 saturated carbocycles. The minimum atomic E-state index is 0.501. The highest BCUT2D eigenvalue weighted by Crippen LogP contribution is 2.28. The molecule has 2 aromatic carbocycles. The van der Waals surface area contributed by atoms with Crippen molar-refractivity contribution < 1.29 is 4.74 Å². The molecule has 0 fully saturated rings. The molecule has 0 N–H and O–H groups in total. The molecular weight excluding hydrogens is 328 g/mol. The molecule has 0 unspecified atom stereocenters. The van der Waals surface area contributed by atoms with Crippen molar-refractivity contribution in [3.63, 3.8) is 0 Å². The van der Waals surface area contributed by atoms with Crippen molar-refractivity contribution in [3.05, 3.63) is 76.9 Å². The summed E-state index contributed by atoms with van der Waals surface area (Å²) in [6, 6.07) is 17.8. The molecule has 0 atom stereocenters. The van der Waals surface area contributed by atoms with E-state index in [4.69, 9.17) is 16.3 Å². The molecule has 0 saturated heterocycles. The standard InChI is InChI=1S/C18H13ClN2OS/c19-14-5-3-4-13(8-14)10-22-15-9-18(23-11-15)21-12-20-16-6-1-2-7-17(16)21/h1-9,11-12H,10H2. The van der Waals surface area contributed by atoms with Crippen molar-refractivity contribution in [2.75, 3.05) is 0 Å². The molecule has 114 valence electrons. The predicted octanol–water partition coefficient (Wildman–Crippen LogP) is 5.32. The van der Waals surface area contributed by atoms with Crippen molar-refractivity contribution in [1.82, 2.24) is 9.55 Å². The number of para-hydroxylation sites is 2. The molecule has 3 nitrogen and oxygen atoms in total. The molecule has 2 aromatic heterocycles. The zero-order valence-corrected chi connectivity index (χ0v) is 13.7. The van der Waals surface area contributed by atoms with E-state index in [9.17, 15) is 0 Å². The van der Waals surface area contributed by atoms with Crippen LogP contribution in [0.3, 0.4) is 0 Å². The molecule has 0 radical (unpaired) electrons. The predicted molar refractivity (Wildman–Crippen MR) is 94.7 cm³/mol. The largest absolute Gasteiger partial charge is 0.488 e. The summed E-state index contributed by atoms with van der Waals surface area (Å²) in [5, 5.41) is 3.82. The maximum Gasteiger partial charge on any atom is 0.132 e. The number of hydrogen-bond acceptors (Lipinski definition) is 3. The van der Waals surface area contributed by atoms with E-state index in [2.05, 4.69) is 15.6 Å². The van der Waals surface area contributed by atoms with Gasteiger partial charge in [0.25, 0.3) is 0 Å². The number of fused-ring (bicyclic) bond motifs is 1. The molecule has 0 aliphatic rings. The van der Waals surface area contributed by atoms with Crippen molar-refractivity contribution in [2.45, 2.75) is 6.61 Å². The van der Waals surface area contributed by atoms with Crippen LogP contribution in [0.1, 0.15) is 5.56 Å². The second-order valence-electron chi connectivity index (χ2n) is 5.14. The number of rotatable bonds is 4. The van der Waals surface area contributed by atoms with Crippen molar-refractivity contribution in [3.8, 4) is 10.8 Å². The Hall–Kier alpha value is -2.30. The van der Waals surface area contributed by atoms with E-state index in [1.54, 1.807) is 11.3 Å². The molecule has 4 rings (SSSR count). The fourth-order valence-corrected chi connectivity index (χ4v) is 3.47. The summed E-state index contributed by atoms with van der Waals surface area (Å²) in [7, 11) is 0. The topological polar surface area (TPSA) is 27.1 Å². The van der Waals surface area contributed by atoms with Gasteiger partial charge in [-0.25, -0.2) is 4.98 Å². The molecule has 5 heteroatoms. The molecular formula is C18H13ClN2OS. The number of thiophene rings is 1. The summed E-state index contributed by atoms with van der Waals surface area (Å²) >= 11 is 7.62. The summed E-state index contributed by atoms with van der Waals surface area (Å²) < 4.78 is 7.93. The third kappa shape index (κ3) is 2.96. The third-order valence-electron chi connectivity index (χ3n) is 3.55. The SMILES string of the molecule is Clc1cccc(COc2csc(-n3cnc4ccccc43)c2)c1. The number of hydrogen-bond donors (Lipinski definition) is 0. The van der Waals surface area contributed by atoms with E-state index < -0.39 is 0 Å². The normalized spacial score (nSPS) is 11.0. The number of aromatic nitrogens is 2. The number of benzene rings is 2. The first-order valence-corrected chi connectivity index (χ1v) is 8.43.